The van der Waals surface area contributed by atoms with E-state index in [1.807, 2.05) is 12.1 Å². The first kappa shape index (κ1) is 10.4. The molecule has 0 radical (unpaired) electrons. The van der Waals surface area contributed by atoms with Gasteiger partial charge in [-0.15, -0.1) is 5.10 Å². The van der Waals surface area contributed by atoms with Crippen LogP contribution in [0.2, 0.25) is 0 Å². The highest BCUT2D eigenvalue weighted by Gasteiger charge is 2.25. The highest BCUT2D eigenvalue weighted by molar-refractivity contribution is 5.06. The number of ether oxygens (including phenoxy) is 1. The van der Waals surface area contributed by atoms with Crippen LogP contribution in [0.5, 0.6) is 5.88 Å². The van der Waals surface area contributed by atoms with Crippen molar-refractivity contribution in [1.29, 1.82) is 0 Å². The lowest BCUT2D eigenvalue weighted by Crippen LogP contribution is -2.35. The van der Waals surface area contributed by atoms with Gasteiger partial charge in [0.1, 0.15) is 6.10 Å². The Morgan fingerprint density at radius 2 is 2.27 bits per heavy atom. The van der Waals surface area contributed by atoms with Gasteiger partial charge in [0.2, 0.25) is 5.88 Å². The monoisotopic (exact) mass is 207 g/mol. The molecule has 1 fully saturated rings. The zero-order valence-electron chi connectivity index (χ0n) is 8.80. The van der Waals surface area contributed by atoms with Crippen LogP contribution in [0.3, 0.4) is 0 Å². The molecule has 15 heavy (non-hydrogen) atoms. The first-order valence-electron chi connectivity index (χ1n) is 5.54. The fraction of sp³-hybridized carbons (Fsp3) is 0.636. The van der Waals surface area contributed by atoms with Crippen molar-refractivity contribution in [2.24, 2.45) is 11.7 Å². The van der Waals surface area contributed by atoms with Gasteiger partial charge in [-0.2, -0.15) is 5.10 Å². The van der Waals surface area contributed by atoms with Crippen molar-refractivity contribution >= 4 is 0 Å². The Morgan fingerprint density at radius 1 is 1.40 bits per heavy atom. The maximum absolute atomic E-state index is 5.81. The van der Waals surface area contributed by atoms with Crippen LogP contribution >= 0.6 is 0 Å². The van der Waals surface area contributed by atoms with Crippen molar-refractivity contribution in [1.82, 2.24) is 10.2 Å². The molecular weight excluding hydrogens is 190 g/mol. The molecule has 4 heteroatoms. The van der Waals surface area contributed by atoms with Crippen molar-refractivity contribution in [2.75, 3.05) is 6.54 Å². The van der Waals surface area contributed by atoms with Crippen molar-refractivity contribution in [3.8, 4) is 5.88 Å². The van der Waals surface area contributed by atoms with Gasteiger partial charge >= 0.3 is 0 Å². The van der Waals surface area contributed by atoms with E-state index in [1.54, 1.807) is 6.20 Å². The molecule has 0 saturated heterocycles. The summed E-state index contributed by atoms with van der Waals surface area (Å²) in [7, 11) is 0. The third-order valence-corrected chi connectivity index (χ3v) is 2.96. The van der Waals surface area contributed by atoms with Crippen LogP contribution in [-0.4, -0.2) is 22.8 Å². The van der Waals surface area contributed by atoms with Crippen LogP contribution < -0.4 is 10.5 Å². The van der Waals surface area contributed by atoms with Gasteiger partial charge in [-0.1, -0.05) is 6.42 Å². The molecule has 1 aliphatic carbocycles. The lowest BCUT2D eigenvalue weighted by molar-refractivity contribution is 0.0912. The first-order valence-corrected chi connectivity index (χ1v) is 5.54. The summed E-state index contributed by atoms with van der Waals surface area (Å²) < 4.78 is 5.81. The molecule has 2 N–H and O–H groups in total. The number of hydrogen-bond donors (Lipinski definition) is 1. The Labute approximate surface area is 89.8 Å². The number of hydrogen-bond acceptors (Lipinski definition) is 4. The van der Waals surface area contributed by atoms with Crippen LogP contribution in [0.15, 0.2) is 18.3 Å². The molecule has 2 unspecified atom stereocenters. The van der Waals surface area contributed by atoms with Crippen LogP contribution in [0.25, 0.3) is 0 Å². The average Bonchev–Trinajstić information content (AvgIpc) is 2.31. The summed E-state index contributed by atoms with van der Waals surface area (Å²) in [5.74, 6) is 1.09. The molecule has 82 valence electrons. The topological polar surface area (TPSA) is 61.0 Å². The normalized spacial score (nSPS) is 26.2. The van der Waals surface area contributed by atoms with Crippen molar-refractivity contribution in [3.63, 3.8) is 0 Å². The molecule has 2 rings (SSSR count). The second-order valence-electron chi connectivity index (χ2n) is 4.00. The van der Waals surface area contributed by atoms with Crippen molar-refractivity contribution < 1.29 is 4.74 Å². The van der Waals surface area contributed by atoms with Crippen LogP contribution in [0.1, 0.15) is 25.7 Å². The van der Waals surface area contributed by atoms with E-state index < -0.39 is 0 Å². The minimum atomic E-state index is 0.223. The predicted molar refractivity (Wildman–Crippen MR) is 57.5 cm³/mol. The number of nitrogens with two attached hydrogens (primary N) is 1. The van der Waals surface area contributed by atoms with Gasteiger partial charge in [-0.05, 0) is 31.9 Å². The van der Waals surface area contributed by atoms with E-state index in [0.29, 0.717) is 18.3 Å². The van der Waals surface area contributed by atoms with Crippen molar-refractivity contribution in [3.05, 3.63) is 18.3 Å². The summed E-state index contributed by atoms with van der Waals surface area (Å²) in [6.07, 6.45) is 6.61. The lowest BCUT2D eigenvalue weighted by Gasteiger charge is -2.30. The van der Waals surface area contributed by atoms with E-state index in [4.69, 9.17) is 10.5 Å². The van der Waals surface area contributed by atoms with Gasteiger partial charge in [-0.25, -0.2) is 0 Å². The summed E-state index contributed by atoms with van der Waals surface area (Å²) in [6, 6.07) is 3.68. The largest absolute Gasteiger partial charge is 0.473 e. The molecule has 0 amide bonds. The van der Waals surface area contributed by atoms with Gasteiger partial charge in [0.15, 0.2) is 0 Å². The van der Waals surface area contributed by atoms with Gasteiger partial charge in [-0.3, -0.25) is 0 Å². The average molecular weight is 207 g/mol. The van der Waals surface area contributed by atoms with E-state index in [0.717, 1.165) is 6.42 Å². The molecule has 1 aromatic rings. The summed E-state index contributed by atoms with van der Waals surface area (Å²) in [5.41, 5.74) is 5.73. The highest BCUT2D eigenvalue weighted by Crippen LogP contribution is 2.26. The Morgan fingerprint density at radius 3 is 3.00 bits per heavy atom. The van der Waals surface area contributed by atoms with Gasteiger partial charge in [0.25, 0.3) is 0 Å². The standard InChI is InChI=1S/C11H17N3O/c12-8-9-4-1-2-5-10(9)15-11-6-3-7-13-14-11/h3,6-7,9-10H,1-2,4-5,8,12H2. The molecule has 0 bridgehead atoms. The van der Waals surface area contributed by atoms with Crippen LogP contribution in [0.4, 0.5) is 0 Å². The SMILES string of the molecule is NCC1CCCCC1Oc1cccnn1. The molecule has 0 spiro atoms. The van der Waals surface area contributed by atoms with E-state index in [1.165, 1.54) is 19.3 Å². The third kappa shape index (κ3) is 2.65. The third-order valence-electron chi connectivity index (χ3n) is 2.96. The second-order valence-corrected chi connectivity index (χ2v) is 4.00. The van der Waals surface area contributed by atoms with Gasteiger partial charge in [0, 0.05) is 18.2 Å². The zero-order chi connectivity index (χ0) is 10.5. The minimum Gasteiger partial charge on any atom is -0.473 e. The molecule has 2 atom stereocenters. The Hall–Kier alpha value is -1.16. The highest BCUT2D eigenvalue weighted by atomic mass is 16.5. The maximum atomic E-state index is 5.81. The van der Waals surface area contributed by atoms with Gasteiger partial charge in [0.05, 0.1) is 0 Å². The molecule has 1 aromatic heterocycles. The van der Waals surface area contributed by atoms with E-state index >= 15 is 0 Å². The minimum absolute atomic E-state index is 0.223. The number of aromatic nitrogens is 2. The molecule has 1 heterocycles. The fourth-order valence-electron chi connectivity index (χ4n) is 2.10. The summed E-state index contributed by atoms with van der Waals surface area (Å²) in [6.45, 7) is 0.699. The smallest absolute Gasteiger partial charge is 0.233 e. The molecule has 1 aliphatic rings. The van der Waals surface area contributed by atoms with Crippen molar-refractivity contribution in [2.45, 2.75) is 31.8 Å². The summed E-state index contributed by atoms with van der Waals surface area (Å²) in [5, 5.41) is 7.72. The number of rotatable bonds is 3. The summed E-state index contributed by atoms with van der Waals surface area (Å²) >= 11 is 0. The molecule has 4 nitrogen and oxygen atoms in total. The first-order chi connectivity index (χ1) is 7.40. The summed E-state index contributed by atoms with van der Waals surface area (Å²) in [4.78, 5) is 0. The number of nitrogens with zero attached hydrogens (tertiary/aromatic N) is 2. The zero-order valence-corrected chi connectivity index (χ0v) is 8.80. The second kappa shape index (κ2) is 5.07. The molecular formula is C11H17N3O. The van der Waals surface area contributed by atoms with Crippen LogP contribution in [-0.2, 0) is 0 Å². The molecule has 0 aromatic carbocycles. The van der Waals surface area contributed by atoms with Crippen LogP contribution in [0, 0.1) is 5.92 Å². The van der Waals surface area contributed by atoms with E-state index in [2.05, 4.69) is 10.2 Å². The Kier molecular flexibility index (Phi) is 3.50. The quantitative estimate of drug-likeness (QED) is 0.813. The Balaban J connectivity index is 1.97. The Bertz CT molecular complexity index is 291. The lowest BCUT2D eigenvalue weighted by atomic mass is 9.86. The molecule has 0 aliphatic heterocycles. The van der Waals surface area contributed by atoms with E-state index in [9.17, 15) is 0 Å². The van der Waals surface area contributed by atoms with E-state index in [-0.39, 0.29) is 6.10 Å². The van der Waals surface area contributed by atoms with Gasteiger partial charge < -0.3 is 10.5 Å². The maximum Gasteiger partial charge on any atom is 0.233 e. The predicted octanol–water partition coefficient (Wildman–Crippen LogP) is 1.37. The fourth-order valence-corrected chi connectivity index (χ4v) is 2.10. The molecule has 1 saturated carbocycles.